The largest absolute Gasteiger partial charge is 0.473 e. The molecule has 6 heteroatoms. The van der Waals surface area contributed by atoms with Crippen LogP contribution in [0.3, 0.4) is 0 Å². The van der Waals surface area contributed by atoms with Crippen molar-refractivity contribution in [3.05, 3.63) is 27.7 Å². The zero-order valence-electron chi connectivity index (χ0n) is 7.51. The van der Waals surface area contributed by atoms with E-state index in [0.29, 0.717) is 5.19 Å². The van der Waals surface area contributed by atoms with Crippen molar-refractivity contribution in [2.75, 3.05) is 7.11 Å². The van der Waals surface area contributed by atoms with E-state index in [0.717, 1.165) is 9.75 Å². The van der Waals surface area contributed by atoms with Gasteiger partial charge in [0, 0.05) is 17.3 Å². The number of rotatable bonds is 3. The van der Waals surface area contributed by atoms with E-state index in [1.165, 1.54) is 11.3 Å². The minimum atomic E-state index is -0.135. The van der Waals surface area contributed by atoms with Gasteiger partial charge in [0.05, 0.1) is 23.5 Å². The van der Waals surface area contributed by atoms with Gasteiger partial charge in [0.15, 0.2) is 0 Å². The molecule has 0 saturated carbocycles. The Morgan fingerprint density at radius 2 is 2.29 bits per heavy atom. The van der Waals surface area contributed by atoms with E-state index in [1.807, 2.05) is 0 Å². The average Bonchev–Trinajstić information content (AvgIpc) is 2.88. The van der Waals surface area contributed by atoms with Gasteiger partial charge in [0.2, 0.25) is 0 Å². The number of ether oxygens (including phenoxy) is 1. The first-order valence-corrected chi connectivity index (χ1v) is 5.64. The first-order valence-electron chi connectivity index (χ1n) is 3.95. The fraction of sp³-hybridized carbons (Fsp3) is 0.250. The van der Waals surface area contributed by atoms with Crippen molar-refractivity contribution in [1.29, 1.82) is 0 Å². The lowest BCUT2D eigenvalue weighted by molar-refractivity contribution is 0.412. The SMILES string of the molecule is COc1ncc(C(N)c2cncs2)s1. The molecule has 0 radical (unpaired) electrons. The van der Waals surface area contributed by atoms with Crippen LogP contribution in [0.1, 0.15) is 15.8 Å². The maximum Gasteiger partial charge on any atom is 0.273 e. The number of methoxy groups -OCH3 is 1. The topological polar surface area (TPSA) is 61.0 Å². The molecule has 4 nitrogen and oxygen atoms in total. The summed E-state index contributed by atoms with van der Waals surface area (Å²) in [6.07, 6.45) is 3.52. The van der Waals surface area contributed by atoms with Crippen LogP contribution in [-0.2, 0) is 0 Å². The van der Waals surface area contributed by atoms with E-state index >= 15 is 0 Å². The number of thiazole rings is 2. The van der Waals surface area contributed by atoms with Gasteiger partial charge >= 0.3 is 0 Å². The highest BCUT2D eigenvalue weighted by molar-refractivity contribution is 7.14. The Morgan fingerprint density at radius 1 is 1.43 bits per heavy atom. The molecule has 0 aliphatic carbocycles. The quantitative estimate of drug-likeness (QED) is 0.866. The van der Waals surface area contributed by atoms with Gasteiger partial charge in [-0.1, -0.05) is 11.3 Å². The molecule has 14 heavy (non-hydrogen) atoms. The van der Waals surface area contributed by atoms with Crippen molar-refractivity contribution < 1.29 is 4.74 Å². The highest BCUT2D eigenvalue weighted by Crippen LogP contribution is 2.29. The van der Waals surface area contributed by atoms with Crippen molar-refractivity contribution in [3.63, 3.8) is 0 Å². The molecule has 0 bridgehead atoms. The van der Waals surface area contributed by atoms with Crippen LogP contribution in [0.5, 0.6) is 5.19 Å². The van der Waals surface area contributed by atoms with Crippen LogP contribution in [0.15, 0.2) is 17.9 Å². The normalized spacial score (nSPS) is 12.7. The van der Waals surface area contributed by atoms with Gasteiger partial charge in [-0.15, -0.1) is 11.3 Å². The van der Waals surface area contributed by atoms with E-state index in [9.17, 15) is 0 Å². The Labute approximate surface area is 89.4 Å². The average molecular weight is 227 g/mol. The smallest absolute Gasteiger partial charge is 0.273 e. The third kappa shape index (κ3) is 1.77. The standard InChI is InChI=1S/C8H9N3OS2/c1-12-8-11-3-6(14-8)7(9)5-2-10-4-13-5/h2-4,7H,9H2,1H3. The highest BCUT2D eigenvalue weighted by atomic mass is 32.1. The molecule has 0 aliphatic rings. The number of hydrogen-bond acceptors (Lipinski definition) is 6. The molecule has 2 aromatic rings. The number of aromatic nitrogens is 2. The highest BCUT2D eigenvalue weighted by Gasteiger charge is 2.13. The molecule has 0 fully saturated rings. The lowest BCUT2D eigenvalue weighted by Gasteiger charge is -2.03. The Morgan fingerprint density at radius 3 is 2.86 bits per heavy atom. The second-order valence-electron chi connectivity index (χ2n) is 2.61. The van der Waals surface area contributed by atoms with Gasteiger partial charge < -0.3 is 10.5 Å². The third-order valence-corrected chi connectivity index (χ3v) is 3.64. The minimum absolute atomic E-state index is 0.135. The molecule has 1 unspecified atom stereocenters. The first-order chi connectivity index (χ1) is 6.81. The molecule has 0 spiro atoms. The minimum Gasteiger partial charge on any atom is -0.473 e. The fourth-order valence-corrected chi connectivity index (χ4v) is 2.49. The summed E-state index contributed by atoms with van der Waals surface area (Å²) in [7, 11) is 1.60. The van der Waals surface area contributed by atoms with Crippen LogP contribution in [0.2, 0.25) is 0 Å². The molecular formula is C8H9N3OS2. The maximum atomic E-state index is 6.01. The second kappa shape index (κ2) is 4.04. The van der Waals surface area contributed by atoms with Gasteiger partial charge in [-0.3, -0.25) is 4.98 Å². The van der Waals surface area contributed by atoms with Crippen LogP contribution >= 0.6 is 22.7 Å². The number of nitrogens with two attached hydrogens (primary N) is 1. The lowest BCUT2D eigenvalue weighted by Crippen LogP contribution is -2.08. The second-order valence-corrected chi connectivity index (χ2v) is 4.56. The Kier molecular flexibility index (Phi) is 2.76. The molecule has 2 aromatic heterocycles. The summed E-state index contributed by atoms with van der Waals surface area (Å²) in [5, 5.41) is 0.639. The van der Waals surface area contributed by atoms with Gasteiger partial charge in [0.25, 0.3) is 5.19 Å². The van der Waals surface area contributed by atoms with Crippen molar-refractivity contribution in [2.24, 2.45) is 5.73 Å². The van der Waals surface area contributed by atoms with Crippen molar-refractivity contribution in [1.82, 2.24) is 9.97 Å². The Balaban J connectivity index is 2.23. The molecule has 0 saturated heterocycles. The summed E-state index contributed by atoms with van der Waals surface area (Å²) in [5.41, 5.74) is 7.79. The Hall–Kier alpha value is -0.980. The summed E-state index contributed by atoms with van der Waals surface area (Å²) in [6, 6.07) is -0.135. The zero-order valence-corrected chi connectivity index (χ0v) is 9.14. The third-order valence-electron chi connectivity index (χ3n) is 1.74. The van der Waals surface area contributed by atoms with Crippen LogP contribution < -0.4 is 10.5 Å². The van der Waals surface area contributed by atoms with E-state index in [1.54, 1.807) is 36.4 Å². The molecule has 0 amide bonds. The maximum absolute atomic E-state index is 6.01. The molecule has 0 aromatic carbocycles. The molecular weight excluding hydrogens is 218 g/mol. The van der Waals surface area contributed by atoms with Crippen LogP contribution in [0.25, 0.3) is 0 Å². The zero-order chi connectivity index (χ0) is 9.97. The molecule has 0 aliphatic heterocycles. The van der Waals surface area contributed by atoms with Gasteiger partial charge in [0.1, 0.15) is 0 Å². The molecule has 2 N–H and O–H groups in total. The number of hydrogen-bond donors (Lipinski definition) is 1. The molecule has 2 rings (SSSR count). The molecule has 1 atom stereocenters. The predicted octanol–water partition coefficient (Wildman–Crippen LogP) is 1.66. The van der Waals surface area contributed by atoms with Crippen LogP contribution in [0.4, 0.5) is 0 Å². The number of nitrogens with zero attached hydrogens (tertiary/aromatic N) is 2. The fourth-order valence-electron chi connectivity index (χ4n) is 1.03. The predicted molar refractivity (Wildman–Crippen MR) is 56.8 cm³/mol. The summed E-state index contributed by atoms with van der Waals surface area (Å²) >= 11 is 3.00. The summed E-state index contributed by atoms with van der Waals surface area (Å²) in [5.74, 6) is 0. The molecule has 2 heterocycles. The van der Waals surface area contributed by atoms with Gasteiger partial charge in [-0.2, -0.15) is 0 Å². The monoisotopic (exact) mass is 227 g/mol. The van der Waals surface area contributed by atoms with E-state index in [4.69, 9.17) is 10.5 Å². The van der Waals surface area contributed by atoms with Gasteiger partial charge in [-0.05, 0) is 0 Å². The van der Waals surface area contributed by atoms with E-state index in [-0.39, 0.29) is 6.04 Å². The molecule has 74 valence electrons. The summed E-state index contributed by atoms with van der Waals surface area (Å²) in [4.78, 5) is 10.1. The van der Waals surface area contributed by atoms with Crippen molar-refractivity contribution in [3.8, 4) is 5.19 Å². The summed E-state index contributed by atoms with van der Waals surface area (Å²) < 4.78 is 5.00. The van der Waals surface area contributed by atoms with E-state index in [2.05, 4.69) is 9.97 Å². The first kappa shape index (κ1) is 9.57. The van der Waals surface area contributed by atoms with Gasteiger partial charge in [-0.25, -0.2) is 4.98 Å². The van der Waals surface area contributed by atoms with E-state index < -0.39 is 0 Å². The lowest BCUT2D eigenvalue weighted by atomic mass is 10.2. The van der Waals surface area contributed by atoms with Crippen molar-refractivity contribution >= 4 is 22.7 Å². The van der Waals surface area contributed by atoms with Crippen LogP contribution in [-0.4, -0.2) is 17.1 Å². The van der Waals surface area contributed by atoms with Crippen molar-refractivity contribution in [2.45, 2.75) is 6.04 Å². The summed E-state index contributed by atoms with van der Waals surface area (Å²) in [6.45, 7) is 0. The van der Waals surface area contributed by atoms with Crippen LogP contribution in [0, 0.1) is 0 Å². The Bertz CT molecular complexity index is 398.